The minimum absolute atomic E-state index is 0. The molecule has 4 aromatic carbocycles. The Kier molecular flexibility index (Phi) is 11.0. The maximum Gasteiger partial charge on any atom is 2.00 e. The SMILES string of the molecule is Cc1nn(-c2[c-]c(Oc3[c-]c4c(cc3)c3cc(C(C)CCCC(C)C)ccc3n4-c3cc(C(C)C)ccn3)ccc2)c(C)c1-c1ccccc1.[Pt+2]. The van der Waals surface area contributed by atoms with Crippen molar-refractivity contribution in [2.75, 3.05) is 0 Å². The maximum absolute atomic E-state index is 6.50. The number of aryl methyl sites for hydroxylation is 1. The van der Waals surface area contributed by atoms with Crippen LogP contribution in [-0.2, 0) is 21.1 Å². The third-order valence-electron chi connectivity index (χ3n) is 9.88. The van der Waals surface area contributed by atoms with E-state index < -0.39 is 0 Å². The summed E-state index contributed by atoms with van der Waals surface area (Å²) in [5.74, 6) is 3.71. The van der Waals surface area contributed by atoms with Crippen LogP contribution in [0, 0.1) is 31.9 Å². The number of hydrogen-bond donors (Lipinski definition) is 0. The first-order chi connectivity index (χ1) is 24.2. The van der Waals surface area contributed by atoms with Gasteiger partial charge in [-0.1, -0.05) is 95.4 Å². The molecule has 0 spiro atoms. The predicted octanol–water partition coefficient (Wildman–Crippen LogP) is 12.1. The van der Waals surface area contributed by atoms with Crippen LogP contribution in [0.15, 0.2) is 97.2 Å². The zero-order valence-electron chi connectivity index (χ0n) is 30.6. The van der Waals surface area contributed by atoms with Crippen molar-refractivity contribution in [2.24, 2.45) is 5.92 Å². The van der Waals surface area contributed by atoms with Crippen LogP contribution in [0.25, 0.3) is 44.4 Å². The molecule has 3 aromatic heterocycles. The van der Waals surface area contributed by atoms with Crippen LogP contribution >= 0.6 is 0 Å². The quantitative estimate of drug-likeness (QED) is 0.122. The molecule has 0 bridgehead atoms. The van der Waals surface area contributed by atoms with Crippen LogP contribution in [0.2, 0.25) is 0 Å². The molecule has 0 aliphatic carbocycles. The van der Waals surface area contributed by atoms with Crippen molar-refractivity contribution in [1.82, 2.24) is 19.3 Å². The standard InChI is InChI=1S/C45H46N4O.Pt/c1-29(2)13-11-14-31(5)36-19-22-42-41(25-36)40-21-20-39(28-43(40)48(42)44-26-35(30(3)4)23-24-46-44)50-38-18-12-17-37(27-38)49-33(7)45(32(6)47-49)34-15-9-8-10-16-34;/h8-10,12,15-26,29-31H,11,13-14H2,1-7H3;/q-2;+2. The van der Waals surface area contributed by atoms with E-state index in [1.165, 1.54) is 35.8 Å². The van der Waals surface area contributed by atoms with Gasteiger partial charge in [-0.15, -0.1) is 35.7 Å². The van der Waals surface area contributed by atoms with Crippen LogP contribution in [0.4, 0.5) is 0 Å². The van der Waals surface area contributed by atoms with Crippen molar-refractivity contribution in [3.05, 3.63) is 132 Å². The Hall–Kier alpha value is -4.47. The molecule has 262 valence electrons. The summed E-state index contributed by atoms with van der Waals surface area (Å²) in [6.07, 6.45) is 5.60. The molecule has 51 heavy (non-hydrogen) atoms. The normalized spacial score (nSPS) is 12.2. The van der Waals surface area contributed by atoms with Gasteiger partial charge in [0.05, 0.1) is 5.69 Å². The molecule has 1 unspecified atom stereocenters. The Bertz CT molecular complexity index is 2280. The number of hydrogen-bond acceptors (Lipinski definition) is 3. The molecule has 5 nitrogen and oxygen atoms in total. The zero-order chi connectivity index (χ0) is 34.9. The number of ether oxygens (including phenoxy) is 1. The van der Waals surface area contributed by atoms with Gasteiger partial charge in [-0.2, -0.15) is 17.2 Å². The molecular formula is C45H46N4OPt. The van der Waals surface area contributed by atoms with Gasteiger partial charge in [0.1, 0.15) is 5.82 Å². The van der Waals surface area contributed by atoms with Crippen LogP contribution in [0.1, 0.15) is 88.2 Å². The molecule has 0 saturated carbocycles. The number of benzene rings is 4. The molecule has 0 aliphatic rings. The molecule has 7 aromatic rings. The Labute approximate surface area is 317 Å². The smallest absolute Gasteiger partial charge is 0.509 e. The summed E-state index contributed by atoms with van der Waals surface area (Å²) in [6, 6.07) is 38.9. The van der Waals surface area contributed by atoms with Crippen molar-refractivity contribution < 1.29 is 25.8 Å². The fraction of sp³-hybridized carbons (Fsp3) is 0.289. The van der Waals surface area contributed by atoms with Crippen LogP contribution in [0.3, 0.4) is 0 Å². The Balaban J connectivity index is 0.00000448. The van der Waals surface area contributed by atoms with Crippen LogP contribution in [0.5, 0.6) is 11.5 Å². The van der Waals surface area contributed by atoms with E-state index in [1.54, 1.807) is 0 Å². The number of rotatable bonds is 11. The average molecular weight is 854 g/mol. The second kappa shape index (κ2) is 15.4. The van der Waals surface area contributed by atoms with E-state index >= 15 is 0 Å². The van der Waals surface area contributed by atoms with E-state index in [4.69, 9.17) is 14.8 Å². The molecule has 0 amide bonds. The average Bonchev–Trinajstić information content (AvgIpc) is 3.60. The Morgan fingerprint density at radius 1 is 0.745 bits per heavy atom. The molecule has 0 fully saturated rings. The van der Waals surface area contributed by atoms with E-state index in [-0.39, 0.29) is 21.1 Å². The van der Waals surface area contributed by atoms with Gasteiger partial charge in [0.25, 0.3) is 0 Å². The van der Waals surface area contributed by atoms with E-state index in [1.807, 2.05) is 41.2 Å². The van der Waals surface area contributed by atoms with Crippen molar-refractivity contribution in [3.8, 4) is 34.1 Å². The summed E-state index contributed by atoms with van der Waals surface area (Å²) in [5.41, 5.74) is 9.83. The van der Waals surface area contributed by atoms with Gasteiger partial charge in [-0.05, 0) is 84.0 Å². The topological polar surface area (TPSA) is 44.9 Å². The van der Waals surface area contributed by atoms with Gasteiger partial charge in [-0.3, -0.25) is 4.68 Å². The van der Waals surface area contributed by atoms with Gasteiger partial charge in [0.15, 0.2) is 0 Å². The van der Waals surface area contributed by atoms with Crippen LogP contribution < -0.4 is 4.74 Å². The van der Waals surface area contributed by atoms with Gasteiger partial charge >= 0.3 is 21.1 Å². The molecular weight excluding hydrogens is 808 g/mol. The largest absolute Gasteiger partial charge is 2.00 e. The van der Waals surface area contributed by atoms with Crippen molar-refractivity contribution in [3.63, 3.8) is 0 Å². The summed E-state index contributed by atoms with van der Waals surface area (Å²) in [5, 5.41) is 7.23. The summed E-state index contributed by atoms with van der Waals surface area (Å²) in [4.78, 5) is 4.86. The number of fused-ring (bicyclic) bond motifs is 3. The Morgan fingerprint density at radius 3 is 2.29 bits per heavy atom. The minimum Gasteiger partial charge on any atom is -0.509 e. The van der Waals surface area contributed by atoms with E-state index in [9.17, 15) is 0 Å². The van der Waals surface area contributed by atoms with Crippen molar-refractivity contribution >= 4 is 21.8 Å². The van der Waals surface area contributed by atoms with E-state index in [2.05, 4.69) is 126 Å². The van der Waals surface area contributed by atoms with Gasteiger partial charge in [-0.25, -0.2) is 4.98 Å². The number of aromatic nitrogens is 4. The molecule has 0 aliphatic heterocycles. The monoisotopic (exact) mass is 853 g/mol. The van der Waals surface area contributed by atoms with Crippen molar-refractivity contribution in [1.29, 1.82) is 0 Å². The molecule has 7 rings (SSSR count). The van der Waals surface area contributed by atoms with Crippen LogP contribution in [-0.4, -0.2) is 19.3 Å². The molecule has 0 N–H and O–H groups in total. The predicted molar refractivity (Wildman–Crippen MR) is 206 cm³/mol. The van der Waals surface area contributed by atoms with Crippen molar-refractivity contribution in [2.45, 2.75) is 79.6 Å². The third-order valence-corrected chi connectivity index (χ3v) is 9.88. The molecule has 1 atom stereocenters. The van der Waals surface area contributed by atoms with Gasteiger partial charge in [0, 0.05) is 34.5 Å². The van der Waals surface area contributed by atoms with E-state index in [0.717, 1.165) is 56.4 Å². The summed E-state index contributed by atoms with van der Waals surface area (Å²) in [7, 11) is 0. The second-order valence-corrected chi connectivity index (χ2v) is 14.4. The molecule has 0 radical (unpaired) electrons. The fourth-order valence-electron chi connectivity index (χ4n) is 7.10. The minimum atomic E-state index is 0. The van der Waals surface area contributed by atoms with Gasteiger partial charge in [0.2, 0.25) is 0 Å². The second-order valence-electron chi connectivity index (χ2n) is 14.4. The first-order valence-electron chi connectivity index (χ1n) is 18.0. The molecule has 3 heterocycles. The Morgan fingerprint density at radius 2 is 1.53 bits per heavy atom. The number of pyridine rings is 1. The zero-order valence-corrected chi connectivity index (χ0v) is 32.9. The molecule has 6 heteroatoms. The third kappa shape index (κ3) is 7.46. The summed E-state index contributed by atoms with van der Waals surface area (Å²) >= 11 is 0. The summed E-state index contributed by atoms with van der Waals surface area (Å²) in [6.45, 7) is 15.6. The fourth-order valence-corrected chi connectivity index (χ4v) is 7.10. The number of nitrogens with zero attached hydrogens (tertiary/aromatic N) is 4. The van der Waals surface area contributed by atoms with Gasteiger partial charge < -0.3 is 9.30 Å². The first-order valence-corrected chi connectivity index (χ1v) is 18.0. The van der Waals surface area contributed by atoms with E-state index in [0.29, 0.717) is 23.3 Å². The summed E-state index contributed by atoms with van der Waals surface area (Å²) < 4.78 is 10.7. The maximum atomic E-state index is 6.50. The molecule has 0 saturated heterocycles. The first kappa shape index (κ1) is 36.3.